The third-order valence-corrected chi connectivity index (χ3v) is 5.11. The van der Waals surface area contributed by atoms with Gasteiger partial charge in [-0.25, -0.2) is 0 Å². The summed E-state index contributed by atoms with van der Waals surface area (Å²) in [6, 6.07) is 28.6. The van der Waals surface area contributed by atoms with E-state index in [9.17, 15) is 4.79 Å². The molecule has 0 fully saturated rings. The summed E-state index contributed by atoms with van der Waals surface area (Å²) in [5.41, 5.74) is 4.27. The Morgan fingerprint density at radius 1 is 0.812 bits per heavy atom. The van der Waals surface area contributed by atoms with Crippen LogP contribution in [-0.2, 0) is 6.54 Å². The first kappa shape index (κ1) is 25.4. The van der Waals surface area contributed by atoms with Crippen molar-refractivity contribution in [3.05, 3.63) is 107 Å². The van der Waals surface area contributed by atoms with Crippen molar-refractivity contribution >= 4 is 35.8 Å². The number of rotatable bonds is 8. The number of halogens is 1. The van der Waals surface area contributed by atoms with Crippen molar-refractivity contribution in [3.63, 3.8) is 0 Å². The average Bonchev–Trinajstić information content (AvgIpc) is 2.83. The van der Waals surface area contributed by atoms with Crippen LogP contribution in [0.5, 0.6) is 0 Å². The van der Waals surface area contributed by atoms with Crippen LogP contribution >= 0.6 is 24.0 Å². The summed E-state index contributed by atoms with van der Waals surface area (Å²) in [5, 5.41) is 9.63. The van der Waals surface area contributed by atoms with Crippen LogP contribution in [0.25, 0.3) is 0 Å². The summed E-state index contributed by atoms with van der Waals surface area (Å²) < 4.78 is 0. The summed E-state index contributed by atoms with van der Waals surface area (Å²) in [4.78, 5) is 16.3. The molecule has 0 heterocycles. The van der Waals surface area contributed by atoms with Crippen molar-refractivity contribution in [2.24, 2.45) is 4.99 Å². The van der Waals surface area contributed by atoms with Gasteiger partial charge in [-0.3, -0.25) is 9.79 Å². The highest BCUT2D eigenvalue weighted by molar-refractivity contribution is 14.0. The minimum Gasteiger partial charge on any atom is -0.355 e. The van der Waals surface area contributed by atoms with Gasteiger partial charge in [0, 0.05) is 38.2 Å². The number of benzene rings is 3. The van der Waals surface area contributed by atoms with E-state index in [0.29, 0.717) is 18.7 Å². The second-order valence-corrected chi connectivity index (χ2v) is 7.24. The maximum atomic E-state index is 11.9. The van der Waals surface area contributed by atoms with Crippen molar-refractivity contribution in [3.8, 4) is 0 Å². The van der Waals surface area contributed by atoms with Crippen LogP contribution in [0.2, 0.25) is 0 Å². The van der Waals surface area contributed by atoms with E-state index >= 15 is 0 Å². The molecule has 3 N–H and O–H groups in total. The lowest BCUT2D eigenvalue weighted by atomic mass is 9.91. The van der Waals surface area contributed by atoms with Gasteiger partial charge in [-0.15, -0.1) is 24.0 Å². The van der Waals surface area contributed by atoms with Crippen molar-refractivity contribution < 1.29 is 4.79 Å². The normalized spacial score (nSPS) is 10.9. The molecule has 3 aromatic carbocycles. The zero-order valence-electron chi connectivity index (χ0n) is 18.5. The van der Waals surface area contributed by atoms with Crippen molar-refractivity contribution in [2.45, 2.75) is 19.4 Å². The summed E-state index contributed by atoms with van der Waals surface area (Å²) >= 11 is 0. The molecule has 5 nitrogen and oxygen atoms in total. The lowest BCUT2D eigenvalue weighted by Crippen LogP contribution is -2.39. The van der Waals surface area contributed by atoms with E-state index in [0.717, 1.165) is 18.1 Å². The summed E-state index contributed by atoms with van der Waals surface area (Å²) in [6.45, 7) is 3.88. The van der Waals surface area contributed by atoms with E-state index in [4.69, 9.17) is 0 Å². The molecule has 32 heavy (non-hydrogen) atoms. The third kappa shape index (κ3) is 7.37. The molecule has 0 aliphatic carbocycles. The van der Waals surface area contributed by atoms with E-state index in [-0.39, 0.29) is 35.8 Å². The number of guanidine groups is 1. The lowest BCUT2D eigenvalue weighted by molar-refractivity contribution is 0.0956. The van der Waals surface area contributed by atoms with Gasteiger partial charge in [0.25, 0.3) is 5.91 Å². The van der Waals surface area contributed by atoms with Gasteiger partial charge >= 0.3 is 0 Å². The monoisotopic (exact) mass is 542 g/mol. The Hall–Kier alpha value is -2.87. The maximum Gasteiger partial charge on any atom is 0.251 e. The molecule has 0 aliphatic heterocycles. The fourth-order valence-corrected chi connectivity index (χ4v) is 3.44. The molecule has 3 rings (SSSR count). The summed E-state index contributed by atoms with van der Waals surface area (Å²) in [7, 11) is 1.77. The Kier molecular flexibility index (Phi) is 10.7. The predicted molar refractivity (Wildman–Crippen MR) is 143 cm³/mol. The molecule has 3 aromatic rings. The highest BCUT2D eigenvalue weighted by atomic mass is 127. The number of amides is 1. The number of carbonyl (C=O) groups excluding carboxylic acids is 1. The molecule has 0 unspecified atom stereocenters. The molecule has 168 valence electrons. The van der Waals surface area contributed by atoms with E-state index in [1.54, 1.807) is 7.05 Å². The number of hydrogen-bond donors (Lipinski definition) is 3. The zero-order valence-corrected chi connectivity index (χ0v) is 20.9. The van der Waals surface area contributed by atoms with Gasteiger partial charge in [0.05, 0.1) is 0 Å². The van der Waals surface area contributed by atoms with E-state index < -0.39 is 0 Å². The predicted octanol–water partition coefficient (Wildman–Crippen LogP) is 4.55. The number of nitrogens with zero attached hydrogens (tertiary/aromatic N) is 1. The van der Waals surface area contributed by atoms with E-state index in [1.807, 2.05) is 43.3 Å². The van der Waals surface area contributed by atoms with Crippen LogP contribution in [0.3, 0.4) is 0 Å². The molecule has 0 bridgehead atoms. The Morgan fingerprint density at radius 3 is 1.88 bits per heavy atom. The fourth-order valence-electron chi connectivity index (χ4n) is 3.44. The Bertz CT molecular complexity index is 936. The first-order valence-corrected chi connectivity index (χ1v) is 10.6. The van der Waals surface area contributed by atoms with Gasteiger partial charge < -0.3 is 16.0 Å². The second kappa shape index (κ2) is 13.5. The van der Waals surface area contributed by atoms with Crippen molar-refractivity contribution in [1.82, 2.24) is 16.0 Å². The Labute approximate surface area is 207 Å². The molecule has 0 saturated carbocycles. The fraction of sp³-hybridized carbons (Fsp3) is 0.231. The molecular formula is C26H31IN4O. The molecule has 0 aromatic heterocycles. The lowest BCUT2D eigenvalue weighted by Gasteiger charge is -2.20. The molecule has 1 amide bonds. The van der Waals surface area contributed by atoms with Crippen molar-refractivity contribution in [2.75, 3.05) is 20.1 Å². The highest BCUT2D eigenvalue weighted by Gasteiger charge is 2.14. The standard InChI is InChI=1S/C26H30N4O.HI/c1-3-28-25(31)23-16-14-20(15-17-23)18-29-26(27-2)30-19-24(21-10-6-4-7-11-21)22-12-8-5-9-13-22;/h4-17,24H,3,18-19H2,1-2H3,(H,28,31)(H2,27,29,30);1H. The first-order chi connectivity index (χ1) is 15.2. The van der Waals surface area contributed by atoms with E-state index in [1.165, 1.54) is 11.1 Å². The Balaban J connectivity index is 0.00000363. The topological polar surface area (TPSA) is 65.5 Å². The summed E-state index contributed by atoms with van der Waals surface area (Å²) in [5.74, 6) is 0.911. The maximum absolute atomic E-state index is 11.9. The minimum atomic E-state index is -0.0487. The number of aliphatic imine (C=N–C) groups is 1. The van der Waals surface area contributed by atoms with Gasteiger partial charge in [0.2, 0.25) is 0 Å². The van der Waals surface area contributed by atoms with Gasteiger partial charge in [0.15, 0.2) is 5.96 Å². The largest absolute Gasteiger partial charge is 0.355 e. The quantitative estimate of drug-likeness (QED) is 0.222. The van der Waals surface area contributed by atoms with Gasteiger partial charge in [0.1, 0.15) is 0 Å². The van der Waals surface area contributed by atoms with E-state index in [2.05, 4.69) is 69.5 Å². The molecule has 0 atom stereocenters. The van der Waals surface area contributed by atoms with Crippen LogP contribution < -0.4 is 16.0 Å². The summed E-state index contributed by atoms with van der Waals surface area (Å²) in [6.07, 6.45) is 0. The molecule has 6 heteroatoms. The van der Waals surface area contributed by atoms with Crippen LogP contribution in [0.4, 0.5) is 0 Å². The SMILES string of the molecule is CCNC(=O)c1ccc(CNC(=NC)NCC(c2ccccc2)c2ccccc2)cc1.I. The van der Waals surface area contributed by atoms with Gasteiger partial charge in [-0.05, 0) is 35.7 Å². The van der Waals surface area contributed by atoms with Crippen LogP contribution in [-0.4, -0.2) is 32.0 Å². The average molecular weight is 542 g/mol. The number of nitrogens with one attached hydrogen (secondary N) is 3. The van der Waals surface area contributed by atoms with Crippen LogP contribution in [0.1, 0.15) is 39.9 Å². The minimum absolute atomic E-state index is 0. The highest BCUT2D eigenvalue weighted by Crippen LogP contribution is 2.23. The third-order valence-electron chi connectivity index (χ3n) is 5.11. The van der Waals surface area contributed by atoms with Gasteiger partial charge in [-0.1, -0.05) is 72.8 Å². The van der Waals surface area contributed by atoms with Gasteiger partial charge in [-0.2, -0.15) is 0 Å². The molecule has 0 radical (unpaired) electrons. The molecule has 0 spiro atoms. The van der Waals surface area contributed by atoms with Crippen molar-refractivity contribution in [1.29, 1.82) is 0 Å². The molecule has 0 aliphatic rings. The zero-order chi connectivity index (χ0) is 21.9. The first-order valence-electron chi connectivity index (χ1n) is 10.6. The number of carbonyl (C=O) groups is 1. The van der Waals surface area contributed by atoms with Crippen LogP contribution in [0.15, 0.2) is 89.9 Å². The number of hydrogen-bond acceptors (Lipinski definition) is 2. The Morgan fingerprint density at radius 2 is 1.38 bits per heavy atom. The second-order valence-electron chi connectivity index (χ2n) is 7.24. The smallest absolute Gasteiger partial charge is 0.251 e. The molecular weight excluding hydrogens is 511 g/mol. The molecule has 0 saturated heterocycles. The van der Waals surface area contributed by atoms with Crippen LogP contribution in [0, 0.1) is 0 Å².